The molecule has 0 aliphatic heterocycles. The molecule has 8 rings (SSSR count). The van der Waals surface area contributed by atoms with Gasteiger partial charge in [-0.15, -0.1) is 0 Å². The molecule has 0 atom stereocenters. The van der Waals surface area contributed by atoms with Gasteiger partial charge in [0.2, 0.25) is 5.95 Å². The van der Waals surface area contributed by atoms with Crippen molar-refractivity contribution in [2.45, 2.75) is 0 Å². The molecule has 0 fully saturated rings. The highest BCUT2D eigenvalue weighted by Crippen LogP contribution is 2.39. The average molecular weight is 499 g/mol. The summed E-state index contributed by atoms with van der Waals surface area (Å²) in [7, 11) is 0. The molecule has 0 bridgehead atoms. The molecule has 39 heavy (non-hydrogen) atoms. The van der Waals surface area contributed by atoms with E-state index in [9.17, 15) is 0 Å². The second kappa shape index (κ2) is 8.61. The van der Waals surface area contributed by atoms with Crippen molar-refractivity contribution in [3.8, 4) is 28.7 Å². The lowest BCUT2D eigenvalue weighted by Crippen LogP contribution is -2.06. The molecule has 6 aromatic carbocycles. The van der Waals surface area contributed by atoms with Gasteiger partial charge in [-0.1, -0.05) is 133 Å². The summed E-state index contributed by atoms with van der Waals surface area (Å²) in [4.78, 5) is 15.2. The Kier molecular flexibility index (Phi) is 4.79. The summed E-state index contributed by atoms with van der Waals surface area (Å²) < 4.78 is 2.25. The topological polar surface area (TPSA) is 43.6 Å². The molecule has 0 aliphatic rings. The summed E-state index contributed by atoms with van der Waals surface area (Å²) in [6, 6.07) is 46.2. The third-order valence-corrected chi connectivity index (χ3v) is 7.43. The predicted octanol–water partition coefficient (Wildman–Crippen LogP) is 8.61. The lowest BCUT2D eigenvalue weighted by Gasteiger charge is -2.12. The van der Waals surface area contributed by atoms with Crippen molar-refractivity contribution in [3.05, 3.63) is 133 Å². The molecule has 8 aromatic rings. The minimum Gasteiger partial charge on any atom is -0.277 e. The lowest BCUT2D eigenvalue weighted by atomic mass is 10.0. The summed E-state index contributed by atoms with van der Waals surface area (Å²) in [6.45, 7) is 0. The smallest absolute Gasteiger partial charge is 0.238 e. The Labute approximate surface area is 224 Å². The molecule has 0 N–H and O–H groups in total. The highest BCUT2D eigenvalue weighted by molar-refractivity contribution is 6.23. The Morgan fingerprint density at radius 2 is 0.795 bits per heavy atom. The van der Waals surface area contributed by atoms with Crippen LogP contribution in [0.2, 0.25) is 0 Å². The Balaban J connectivity index is 1.58. The standard InChI is InChI=1S/C35H22N4/c1-3-13-25(14-4-1)33-36-34(26-15-5-2-6-16-26)38-35(37-33)39-31-27-17-9-7-11-23(27)19-21-29(31)30-22-20-24-12-8-10-18-28(24)32(30)39/h1-22H. The maximum Gasteiger partial charge on any atom is 0.238 e. The number of rotatable bonds is 3. The highest BCUT2D eigenvalue weighted by Gasteiger charge is 2.20. The van der Waals surface area contributed by atoms with E-state index in [1.165, 1.54) is 32.3 Å². The molecule has 4 heteroatoms. The third-order valence-electron chi connectivity index (χ3n) is 7.43. The monoisotopic (exact) mass is 498 g/mol. The van der Waals surface area contributed by atoms with Gasteiger partial charge >= 0.3 is 0 Å². The molecule has 0 aliphatic carbocycles. The number of benzene rings is 6. The molecule has 0 unspecified atom stereocenters. The normalized spacial score (nSPS) is 11.6. The van der Waals surface area contributed by atoms with E-state index in [-0.39, 0.29) is 0 Å². The van der Waals surface area contributed by atoms with Gasteiger partial charge in [-0.25, -0.2) is 4.98 Å². The van der Waals surface area contributed by atoms with Gasteiger partial charge in [0.05, 0.1) is 11.0 Å². The van der Waals surface area contributed by atoms with Crippen molar-refractivity contribution < 1.29 is 0 Å². The number of hydrogen-bond acceptors (Lipinski definition) is 3. The maximum absolute atomic E-state index is 5.13. The summed E-state index contributed by atoms with van der Waals surface area (Å²) in [5.74, 6) is 1.90. The zero-order valence-corrected chi connectivity index (χ0v) is 21.0. The maximum atomic E-state index is 5.13. The summed E-state index contributed by atoms with van der Waals surface area (Å²) in [5.41, 5.74) is 4.11. The van der Waals surface area contributed by atoms with Gasteiger partial charge in [-0.05, 0) is 10.8 Å². The van der Waals surface area contributed by atoms with Crippen LogP contribution < -0.4 is 0 Å². The third kappa shape index (κ3) is 3.42. The average Bonchev–Trinajstić information content (AvgIpc) is 3.37. The molecular weight excluding hydrogens is 476 g/mol. The van der Waals surface area contributed by atoms with E-state index in [0.29, 0.717) is 17.6 Å². The first-order valence-electron chi connectivity index (χ1n) is 13.1. The van der Waals surface area contributed by atoms with E-state index in [1.807, 2.05) is 60.7 Å². The number of fused-ring (bicyclic) bond motifs is 7. The van der Waals surface area contributed by atoms with Gasteiger partial charge < -0.3 is 0 Å². The Bertz CT molecular complexity index is 2010. The number of hydrogen-bond donors (Lipinski definition) is 0. The van der Waals surface area contributed by atoms with Crippen molar-refractivity contribution >= 4 is 43.4 Å². The summed E-state index contributed by atoms with van der Waals surface area (Å²) in [5, 5.41) is 7.05. The first-order valence-corrected chi connectivity index (χ1v) is 13.1. The van der Waals surface area contributed by atoms with Gasteiger partial charge in [0.1, 0.15) is 0 Å². The van der Waals surface area contributed by atoms with Crippen LogP contribution in [0.4, 0.5) is 0 Å². The van der Waals surface area contributed by atoms with Crippen molar-refractivity contribution in [1.82, 2.24) is 19.5 Å². The summed E-state index contributed by atoms with van der Waals surface area (Å²) in [6.07, 6.45) is 0. The molecular formula is C35H22N4. The van der Waals surface area contributed by atoms with E-state index in [0.717, 1.165) is 22.2 Å². The molecule has 0 radical (unpaired) electrons. The zero-order valence-electron chi connectivity index (χ0n) is 21.0. The molecule has 4 nitrogen and oxygen atoms in total. The first-order chi connectivity index (χ1) is 19.3. The number of nitrogens with zero attached hydrogens (tertiary/aromatic N) is 4. The SMILES string of the molecule is c1ccc(-c2nc(-c3ccccc3)nc(-n3c4c5ccccc5ccc4c4ccc5ccccc5c43)n2)cc1. The Hall–Kier alpha value is -5.35. The van der Waals surface area contributed by atoms with Crippen LogP contribution in [0.5, 0.6) is 0 Å². The molecule has 0 saturated carbocycles. The minimum absolute atomic E-state index is 0.607. The Morgan fingerprint density at radius 1 is 0.359 bits per heavy atom. The van der Waals surface area contributed by atoms with Gasteiger partial charge in [0.15, 0.2) is 11.6 Å². The van der Waals surface area contributed by atoms with Crippen molar-refractivity contribution in [3.63, 3.8) is 0 Å². The van der Waals surface area contributed by atoms with E-state index in [2.05, 4.69) is 77.4 Å². The molecule has 0 amide bonds. The van der Waals surface area contributed by atoms with Crippen LogP contribution in [0.15, 0.2) is 133 Å². The molecule has 0 saturated heterocycles. The zero-order chi connectivity index (χ0) is 25.8. The van der Waals surface area contributed by atoms with Gasteiger partial charge in [0, 0.05) is 32.7 Å². The molecule has 2 heterocycles. The fourth-order valence-electron chi connectivity index (χ4n) is 5.64. The molecule has 0 spiro atoms. The van der Waals surface area contributed by atoms with Crippen LogP contribution >= 0.6 is 0 Å². The van der Waals surface area contributed by atoms with Crippen LogP contribution in [0, 0.1) is 0 Å². The first kappa shape index (κ1) is 21.7. The van der Waals surface area contributed by atoms with Crippen LogP contribution in [0.1, 0.15) is 0 Å². The Morgan fingerprint density at radius 3 is 1.28 bits per heavy atom. The lowest BCUT2D eigenvalue weighted by molar-refractivity contribution is 0.957. The van der Waals surface area contributed by atoms with Gasteiger partial charge in [-0.2, -0.15) is 9.97 Å². The van der Waals surface area contributed by atoms with Crippen LogP contribution in [-0.2, 0) is 0 Å². The largest absolute Gasteiger partial charge is 0.277 e. The number of aromatic nitrogens is 4. The van der Waals surface area contributed by atoms with Crippen LogP contribution in [0.3, 0.4) is 0 Å². The summed E-state index contributed by atoms with van der Waals surface area (Å²) >= 11 is 0. The van der Waals surface area contributed by atoms with Crippen molar-refractivity contribution in [2.75, 3.05) is 0 Å². The van der Waals surface area contributed by atoms with Crippen LogP contribution in [-0.4, -0.2) is 19.5 Å². The van der Waals surface area contributed by atoms with Crippen molar-refractivity contribution in [1.29, 1.82) is 0 Å². The van der Waals surface area contributed by atoms with E-state index >= 15 is 0 Å². The predicted molar refractivity (Wildman–Crippen MR) is 160 cm³/mol. The molecule has 2 aromatic heterocycles. The fourth-order valence-corrected chi connectivity index (χ4v) is 5.64. The van der Waals surface area contributed by atoms with E-state index < -0.39 is 0 Å². The minimum atomic E-state index is 0.607. The van der Waals surface area contributed by atoms with Crippen LogP contribution in [0.25, 0.3) is 72.1 Å². The van der Waals surface area contributed by atoms with Gasteiger partial charge in [0.25, 0.3) is 0 Å². The highest BCUT2D eigenvalue weighted by atomic mass is 15.2. The molecule has 182 valence electrons. The van der Waals surface area contributed by atoms with E-state index in [4.69, 9.17) is 15.0 Å². The second-order valence-electron chi connectivity index (χ2n) is 9.72. The van der Waals surface area contributed by atoms with E-state index in [1.54, 1.807) is 0 Å². The van der Waals surface area contributed by atoms with Gasteiger partial charge in [-0.3, -0.25) is 4.57 Å². The fraction of sp³-hybridized carbons (Fsp3) is 0. The van der Waals surface area contributed by atoms with Crippen molar-refractivity contribution in [2.24, 2.45) is 0 Å². The quantitative estimate of drug-likeness (QED) is 0.245. The second-order valence-corrected chi connectivity index (χ2v) is 9.72.